The number of nitrogens with one attached hydrogen (secondary N) is 1. The van der Waals surface area contributed by atoms with Gasteiger partial charge < -0.3 is 10.1 Å². The van der Waals surface area contributed by atoms with Crippen LogP contribution in [0, 0.1) is 5.92 Å². The minimum absolute atomic E-state index is 0.332. The van der Waals surface area contributed by atoms with Crippen molar-refractivity contribution in [2.45, 2.75) is 19.4 Å². The van der Waals surface area contributed by atoms with Crippen LogP contribution in [0.5, 0.6) is 0 Å². The first-order valence-electron chi connectivity index (χ1n) is 5.33. The van der Waals surface area contributed by atoms with Gasteiger partial charge in [-0.1, -0.05) is 11.6 Å². The molecule has 0 spiro atoms. The Hall–Kier alpha value is -0.320. The van der Waals surface area contributed by atoms with Crippen molar-refractivity contribution in [1.82, 2.24) is 4.98 Å². The molecule has 1 aromatic heterocycles. The largest absolute Gasteiger partial charge is 0.378 e. The van der Waals surface area contributed by atoms with Crippen molar-refractivity contribution in [1.29, 1.82) is 0 Å². The molecule has 1 aromatic rings. The molecule has 2 atom stereocenters. The average Bonchev–Trinajstić information content (AvgIpc) is 2.63. The summed E-state index contributed by atoms with van der Waals surface area (Å²) in [7, 11) is 0. The summed E-state index contributed by atoms with van der Waals surface area (Å²) in [6.07, 6.45) is 3.08. The number of ether oxygens (including phenoxy) is 1. The molecule has 1 saturated heterocycles. The molecule has 1 fully saturated rings. The highest BCUT2D eigenvalue weighted by Crippen LogP contribution is 2.25. The molecule has 1 N–H and O–H groups in total. The normalized spacial score (nSPS) is 24.7. The van der Waals surface area contributed by atoms with E-state index < -0.39 is 0 Å². The van der Waals surface area contributed by atoms with E-state index in [-0.39, 0.29) is 0 Å². The molecule has 16 heavy (non-hydrogen) atoms. The zero-order chi connectivity index (χ0) is 11.5. The molecule has 0 radical (unpaired) electrons. The van der Waals surface area contributed by atoms with Gasteiger partial charge in [0.2, 0.25) is 0 Å². The van der Waals surface area contributed by atoms with E-state index in [1.165, 1.54) is 0 Å². The van der Waals surface area contributed by atoms with E-state index in [1.807, 2.05) is 6.07 Å². The predicted molar refractivity (Wildman–Crippen MR) is 69.0 cm³/mol. The highest BCUT2D eigenvalue weighted by atomic mass is 79.9. The summed E-state index contributed by atoms with van der Waals surface area (Å²) in [5, 5.41) is 3.95. The Bertz CT molecular complexity index is 375. The summed E-state index contributed by atoms with van der Waals surface area (Å²) in [5.41, 5.74) is 0. The Balaban J connectivity index is 1.94. The monoisotopic (exact) mass is 304 g/mol. The van der Waals surface area contributed by atoms with Gasteiger partial charge in [-0.3, -0.25) is 0 Å². The maximum absolute atomic E-state index is 5.83. The third-order valence-corrected chi connectivity index (χ3v) is 3.68. The molecule has 5 heteroatoms. The van der Waals surface area contributed by atoms with E-state index >= 15 is 0 Å². The molecule has 88 valence electrons. The van der Waals surface area contributed by atoms with E-state index in [9.17, 15) is 0 Å². The van der Waals surface area contributed by atoms with Gasteiger partial charge in [0.05, 0.1) is 15.6 Å². The third kappa shape index (κ3) is 2.87. The van der Waals surface area contributed by atoms with Crippen LogP contribution < -0.4 is 5.32 Å². The van der Waals surface area contributed by atoms with E-state index in [0.717, 1.165) is 29.9 Å². The van der Waals surface area contributed by atoms with Crippen molar-refractivity contribution in [2.75, 3.05) is 18.5 Å². The van der Waals surface area contributed by atoms with Gasteiger partial charge in [-0.25, -0.2) is 4.98 Å². The SMILES string of the molecule is CC1OCCC1CNc1ncc(Cl)cc1Br. The molecule has 0 amide bonds. The van der Waals surface area contributed by atoms with Crippen LogP contribution in [0.15, 0.2) is 16.7 Å². The lowest BCUT2D eigenvalue weighted by atomic mass is 10.0. The number of rotatable bonds is 3. The Morgan fingerprint density at radius 3 is 3.12 bits per heavy atom. The quantitative estimate of drug-likeness (QED) is 0.930. The lowest BCUT2D eigenvalue weighted by molar-refractivity contribution is 0.108. The van der Waals surface area contributed by atoms with Gasteiger partial charge in [0.15, 0.2) is 0 Å². The topological polar surface area (TPSA) is 34.1 Å². The van der Waals surface area contributed by atoms with E-state index in [1.54, 1.807) is 6.20 Å². The van der Waals surface area contributed by atoms with Crippen LogP contribution in [-0.4, -0.2) is 24.2 Å². The van der Waals surface area contributed by atoms with Crippen LogP contribution in [0.25, 0.3) is 0 Å². The molecule has 0 bridgehead atoms. The molecule has 1 aliphatic heterocycles. The van der Waals surface area contributed by atoms with Crippen LogP contribution in [0.3, 0.4) is 0 Å². The molecule has 2 rings (SSSR count). The predicted octanol–water partition coefficient (Wildman–Crippen LogP) is 3.33. The molecule has 1 aliphatic rings. The highest BCUT2D eigenvalue weighted by Gasteiger charge is 2.23. The summed E-state index contributed by atoms with van der Waals surface area (Å²) in [6, 6.07) is 1.84. The van der Waals surface area contributed by atoms with Crippen molar-refractivity contribution in [3.63, 3.8) is 0 Å². The van der Waals surface area contributed by atoms with Crippen LogP contribution in [-0.2, 0) is 4.74 Å². The lowest BCUT2D eigenvalue weighted by Crippen LogP contribution is -2.21. The highest BCUT2D eigenvalue weighted by molar-refractivity contribution is 9.10. The van der Waals surface area contributed by atoms with Crippen molar-refractivity contribution in [3.8, 4) is 0 Å². The minimum Gasteiger partial charge on any atom is -0.378 e. The molecule has 0 aliphatic carbocycles. The Kier molecular flexibility index (Phi) is 4.05. The number of hydrogen-bond acceptors (Lipinski definition) is 3. The van der Waals surface area contributed by atoms with Crippen LogP contribution >= 0.6 is 27.5 Å². The summed E-state index contributed by atoms with van der Waals surface area (Å²) in [5.74, 6) is 1.40. The number of aromatic nitrogens is 1. The van der Waals surface area contributed by atoms with E-state index in [2.05, 4.69) is 33.2 Å². The molecule has 2 unspecified atom stereocenters. The Labute approximate surface area is 109 Å². The zero-order valence-electron chi connectivity index (χ0n) is 9.04. The smallest absolute Gasteiger partial charge is 0.140 e. The Morgan fingerprint density at radius 1 is 1.69 bits per heavy atom. The van der Waals surface area contributed by atoms with Crippen molar-refractivity contribution >= 4 is 33.3 Å². The number of pyridine rings is 1. The van der Waals surface area contributed by atoms with Crippen molar-refractivity contribution in [3.05, 3.63) is 21.8 Å². The third-order valence-electron chi connectivity index (χ3n) is 2.87. The summed E-state index contributed by atoms with van der Waals surface area (Å²) >= 11 is 9.26. The van der Waals surface area contributed by atoms with Crippen LogP contribution in [0.1, 0.15) is 13.3 Å². The molecular weight excluding hydrogens is 291 g/mol. The van der Waals surface area contributed by atoms with Gasteiger partial charge in [-0.2, -0.15) is 0 Å². The van der Waals surface area contributed by atoms with Gasteiger partial charge in [0, 0.05) is 25.3 Å². The second-order valence-electron chi connectivity index (χ2n) is 3.99. The molecule has 2 heterocycles. The summed E-state index contributed by atoms with van der Waals surface area (Å²) in [6.45, 7) is 3.86. The number of nitrogens with zero attached hydrogens (tertiary/aromatic N) is 1. The molecule has 3 nitrogen and oxygen atoms in total. The first-order valence-corrected chi connectivity index (χ1v) is 6.50. The van der Waals surface area contributed by atoms with Crippen molar-refractivity contribution in [2.24, 2.45) is 5.92 Å². The fourth-order valence-electron chi connectivity index (χ4n) is 1.82. The lowest BCUT2D eigenvalue weighted by Gasteiger charge is -2.15. The van der Waals surface area contributed by atoms with Crippen molar-refractivity contribution < 1.29 is 4.74 Å². The maximum Gasteiger partial charge on any atom is 0.140 e. The maximum atomic E-state index is 5.83. The summed E-state index contributed by atoms with van der Waals surface area (Å²) in [4.78, 5) is 4.23. The first-order chi connectivity index (χ1) is 7.66. The van der Waals surface area contributed by atoms with E-state index in [4.69, 9.17) is 16.3 Å². The van der Waals surface area contributed by atoms with Gasteiger partial charge >= 0.3 is 0 Å². The van der Waals surface area contributed by atoms with Gasteiger partial charge in [0.25, 0.3) is 0 Å². The fourth-order valence-corrected chi connectivity index (χ4v) is 2.60. The minimum atomic E-state index is 0.332. The fraction of sp³-hybridized carbons (Fsp3) is 0.545. The second-order valence-corrected chi connectivity index (χ2v) is 5.28. The summed E-state index contributed by atoms with van der Waals surface area (Å²) < 4.78 is 6.40. The second kappa shape index (κ2) is 5.34. The number of halogens is 2. The van der Waals surface area contributed by atoms with Crippen LogP contribution in [0.4, 0.5) is 5.82 Å². The number of anilines is 1. The standard InChI is InChI=1S/C11H14BrClN2O/c1-7-8(2-3-16-7)5-14-11-10(12)4-9(13)6-15-11/h4,6-8H,2-3,5H2,1H3,(H,14,15). The molecular formula is C11H14BrClN2O. The van der Waals surface area contributed by atoms with Gasteiger partial charge in [0.1, 0.15) is 5.82 Å². The van der Waals surface area contributed by atoms with Crippen LogP contribution in [0.2, 0.25) is 5.02 Å². The van der Waals surface area contributed by atoms with Gasteiger partial charge in [-0.15, -0.1) is 0 Å². The average molecular weight is 306 g/mol. The van der Waals surface area contributed by atoms with Gasteiger partial charge in [-0.05, 0) is 35.3 Å². The Morgan fingerprint density at radius 2 is 2.50 bits per heavy atom. The van der Waals surface area contributed by atoms with E-state index in [0.29, 0.717) is 17.0 Å². The molecule has 0 saturated carbocycles. The number of hydrogen-bond donors (Lipinski definition) is 1. The first kappa shape index (κ1) is 12.1. The molecule has 0 aromatic carbocycles. The zero-order valence-corrected chi connectivity index (χ0v) is 11.4.